The molecule has 120 valence electrons. The predicted molar refractivity (Wildman–Crippen MR) is 77.8 cm³/mol. The number of carbonyl (C=O) groups excluding carboxylic acids is 2. The van der Waals surface area contributed by atoms with Gasteiger partial charge in [-0.05, 0) is 45.7 Å². The number of esters is 1. The molecule has 2 fully saturated rings. The highest BCUT2D eigenvalue weighted by molar-refractivity contribution is 5.87. The summed E-state index contributed by atoms with van der Waals surface area (Å²) in [5.41, 5.74) is -0.491. The minimum Gasteiger partial charge on any atom is -0.465 e. The van der Waals surface area contributed by atoms with Crippen LogP contribution in [0.1, 0.15) is 32.6 Å². The van der Waals surface area contributed by atoms with Gasteiger partial charge in [0.05, 0.1) is 18.6 Å². The molecule has 0 spiro atoms. The van der Waals surface area contributed by atoms with Crippen LogP contribution in [-0.4, -0.2) is 62.8 Å². The molecule has 2 aliphatic rings. The molecular formula is C15H26N2O4. The van der Waals surface area contributed by atoms with Crippen molar-refractivity contribution < 1.29 is 19.1 Å². The average molecular weight is 298 g/mol. The van der Waals surface area contributed by atoms with Crippen LogP contribution in [0.5, 0.6) is 0 Å². The van der Waals surface area contributed by atoms with Crippen molar-refractivity contribution in [2.75, 3.05) is 40.0 Å². The minimum absolute atomic E-state index is 0.0569. The molecule has 1 amide bonds. The lowest BCUT2D eigenvalue weighted by molar-refractivity contribution is -0.156. The second kappa shape index (κ2) is 7.22. The Labute approximate surface area is 126 Å². The highest BCUT2D eigenvalue weighted by Gasteiger charge is 2.46. The second-order valence-electron chi connectivity index (χ2n) is 5.93. The van der Waals surface area contributed by atoms with Gasteiger partial charge in [0.1, 0.15) is 6.54 Å². The largest absolute Gasteiger partial charge is 0.465 e. The Morgan fingerprint density at radius 3 is 2.48 bits per heavy atom. The van der Waals surface area contributed by atoms with E-state index in [1.54, 1.807) is 18.9 Å². The topological polar surface area (TPSA) is 67.9 Å². The Bertz CT molecular complexity index is 370. The van der Waals surface area contributed by atoms with Gasteiger partial charge in [0.2, 0.25) is 5.91 Å². The van der Waals surface area contributed by atoms with Gasteiger partial charge in [-0.15, -0.1) is 0 Å². The maximum absolute atomic E-state index is 13.0. The van der Waals surface area contributed by atoms with E-state index in [4.69, 9.17) is 9.47 Å². The van der Waals surface area contributed by atoms with Gasteiger partial charge in [0, 0.05) is 13.2 Å². The van der Waals surface area contributed by atoms with Gasteiger partial charge in [0.25, 0.3) is 0 Å². The monoisotopic (exact) mass is 298 g/mol. The Balaban J connectivity index is 2.09. The fraction of sp³-hybridized carbons (Fsp3) is 0.867. The van der Waals surface area contributed by atoms with Crippen LogP contribution in [0.2, 0.25) is 0 Å². The SMILES string of the molecule is CCOC(=O)CN(C(=O)C1(COC)CCNCC1)C1CC1. The van der Waals surface area contributed by atoms with Crippen molar-refractivity contribution >= 4 is 11.9 Å². The van der Waals surface area contributed by atoms with Crippen molar-refractivity contribution in [1.82, 2.24) is 10.2 Å². The third kappa shape index (κ3) is 3.95. The Morgan fingerprint density at radius 2 is 1.95 bits per heavy atom. The Kier molecular flexibility index (Phi) is 5.58. The van der Waals surface area contributed by atoms with E-state index in [1.165, 1.54) is 0 Å². The number of methoxy groups -OCH3 is 1. The van der Waals surface area contributed by atoms with Gasteiger partial charge in [-0.25, -0.2) is 0 Å². The number of amides is 1. The first-order valence-corrected chi connectivity index (χ1v) is 7.79. The fourth-order valence-corrected chi connectivity index (χ4v) is 3.00. The average Bonchev–Trinajstić information content (AvgIpc) is 3.30. The first-order valence-electron chi connectivity index (χ1n) is 7.79. The number of hydrogen-bond donors (Lipinski definition) is 1. The zero-order chi connectivity index (χ0) is 15.3. The van der Waals surface area contributed by atoms with Gasteiger partial charge in [-0.3, -0.25) is 9.59 Å². The summed E-state index contributed by atoms with van der Waals surface area (Å²) in [6, 6.07) is 0.200. The number of nitrogens with one attached hydrogen (secondary N) is 1. The van der Waals surface area contributed by atoms with Crippen LogP contribution >= 0.6 is 0 Å². The van der Waals surface area contributed by atoms with E-state index in [2.05, 4.69) is 5.32 Å². The number of nitrogens with zero attached hydrogens (tertiary/aromatic N) is 1. The molecule has 1 saturated heterocycles. The first kappa shape index (κ1) is 16.2. The molecule has 1 aliphatic carbocycles. The van der Waals surface area contributed by atoms with Crippen LogP contribution in [-0.2, 0) is 19.1 Å². The first-order chi connectivity index (χ1) is 10.1. The van der Waals surface area contributed by atoms with Crippen LogP contribution in [0.3, 0.4) is 0 Å². The molecule has 1 aliphatic heterocycles. The van der Waals surface area contributed by atoms with Crippen molar-refractivity contribution in [3.05, 3.63) is 0 Å². The summed E-state index contributed by atoms with van der Waals surface area (Å²) >= 11 is 0. The molecule has 0 aromatic carbocycles. The van der Waals surface area contributed by atoms with Crippen LogP contribution in [0.25, 0.3) is 0 Å². The van der Waals surface area contributed by atoms with Gasteiger partial charge in [0.15, 0.2) is 0 Å². The molecule has 0 aromatic rings. The number of ether oxygens (including phenoxy) is 2. The standard InChI is InChI=1S/C15H26N2O4/c1-3-21-13(18)10-17(12-4-5-12)14(19)15(11-20-2)6-8-16-9-7-15/h12,16H,3-11H2,1-2H3. The lowest BCUT2D eigenvalue weighted by Gasteiger charge is -2.39. The maximum atomic E-state index is 13.0. The fourth-order valence-electron chi connectivity index (χ4n) is 3.00. The molecule has 6 nitrogen and oxygen atoms in total. The van der Waals surface area contributed by atoms with E-state index in [9.17, 15) is 9.59 Å². The quantitative estimate of drug-likeness (QED) is 0.696. The zero-order valence-electron chi connectivity index (χ0n) is 13.0. The van der Waals surface area contributed by atoms with Crippen molar-refractivity contribution in [2.45, 2.75) is 38.6 Å². The molecule has 0 radical (unpaired) electrons. The highest BCUT2D eigenvalue weighted by atomic mass is 16.5. The molecule has 0 unspecified atom stereocenters. The van der Waals surface area contributed by atoms with Gasteiger partial charge in [-0.1, -0.05) is 0 Å². The Hall–Kier alpha value is -1.14. The van der Waals surface area contributed by atoms with Crippen LogP contribution in [0, 0.1) is 5.41 Å². The minimum atomic E-state index is -0.491. The van der Waals surface area contributed by atoms with Crippen molar-refractivity contribution in [2.24, 2.45) is 5.41 Å². The van der Waals surface area contributed by atoms with Gasteiger partial charge >= 0.3 is 5.97 Å². The van der Waals surface area contributed by atoms with E-state index in [0.717, 1.165) is 38.8 Å². The van der Waals surface area contributed by atoms with Crippen molar-refractivity contribution in [3.8, 4) is 0 Å². The summed E-state index contributed by atoms with van der Waals surface area (Å²) in [5.74, 6) is -0.263. The molecule has 0 atom stereocenters. The molecule has 0 bridgehead atoms. The highest BCUT2D eigenvalue weighted by Crippen LogP contribution is 2.36. The van der Waals surface area contributed by atoms with E-state index < -0.39 is 5.41 Å². The third-order valence-electron chi connectivity index (χ3n) is 4.29. The van der Waals surface area contributed by atoms with Crippen molar-refractivity contribution in [3.63, 3.8) is 0 Å². The number of carbonyl (C=O) groups is 2. The molecular weight excluding hydrogens is 272 g/mol. The molecule has 21 heavy (non-hydrogen) atoms. The number of hydrogen-bond acceptors (Lipinski definition) is 5. The summed E-state index contributed by atoms with van der Waals surface area (Å²) < 4.78 is 10.3. The van der Waals surface area contributed by atoms with Gasteiger partial charge < -0.3 is 19.7 Å². The Morgan fingerprint density at radius 1 is 1.29 bits per heavy atom. The summed E-state index contributed by atoms with van der Waals surface area (Å²) in [7, 11) is 1.63. The number of rotatable bonds is 7. The molecule has 1 heterocycles. The summed E-state index contributed by atoms with van der Waals surface area (Å²) in [6.45, 7) is 4.23. The molecule has 6 heteroatoms. The van der Waals surface area contributed by atoms with Crippen LogP contribution < -0.4 is 5.32 Å². The maximum Gasteiger partial charge on any atom is 0.325 e. The normalized spacial score (nSPS) is 20.9. The summed E-state index contributed by atoms with van der Waals surface area (Å²) in [6.07, 6.45) is 3.47. The van der Waals surface area contributed by atoms with Crippen LogP contribution in [0.4, 0.5) is 0 Å². The lowest BCUT2D eigenvalue weighted by Crippen LogP contribution is -2.53. The molecule has 2 rings (SSSR count). The van der Waals surface area contributed by atoms with Crippen molar-refractivity contribution in [1.29, 1.82) is 0 Å². The third-order valence-corrected chi connectivity index (χ3v) is 4.29. The summed E-state index contributed by atoms with van der Waals surface area (Å²) in [4.78, 5) is 26.5. The van der Waals surface area contributed by atoms with Crippen LogP contribution in [0.15, 0.2) is 0 Å². The van der Waals surface area contributed by atoms with E-state index in [-0.39, 0.29) is 24.5 Å². The second-order valence-corrected chi connectivity index (χ2v) is 5.93. The molecule has 1 saturated carbocycles. The summed E-state index contributed by atoms with van der Waals surface area (Å²) in [5, 5.41) is 3.28. The lowest BCUT2D eigenvalue weighted by atomic mass is 9.78. The van der Waals surface area contributed by atoms with Gasteiger partial charge in [-0.2, -0.15) is 0 Å². The number of piperidine rings is 1. The molecule has 0 aromatic heterocycles. The van der Waals surface area contributed by atoms with E-state index >= 15 is 0 Å². The molecule has 1 N–H and O–H groups in total. The van der Waals surface area contributed by atoms with E-state index in [0.29, 0.717) is 13.2 Å². The predicted octanol–water partition coefficient (Wildman–Crippen LogP) is 0.557. The van der Waals surface area contributed by atoms with E-state index in [1.807, 2.05) is 0 Å². The zero-order valence-corrected chi connectivity index (χ0v) is 13.0. The smallest absolute Gasteiger partial charge is 0.325 e.